The predicted molar refractivity (Wildman–Crippen MR) is 115 cm³/mol. The highest BCUT2D eigenvalue weighted by Crippen LogP contribution is 2.34. The summed E-state index contributed by atoms with van der Waals surface area (Å²) in [4.78, 5) is 18.6. The number of likely N-dealkylation sites (tertiary alicyclic amines) is 1. The average Bonchev–Trinajstić information content (AvgIpc) is 3.12. The fraction of sp³-hybridized carbons (Fsp3) is 0.273. The topological polar surface area (TPSA) is 58.4 Å². The molecule has 0 spiro atoms. The molecule has 0 amide bonds. The van der Waals surface area contributed by atoms with E-state index in [-0.39, 0.29) is 27.1 Å². The lowest BCUT2D eigenvalue weighted by Gasteiger charge is -2.26. The second kappa shape index (κ2) is 8.94. The van der Waals surface area contributed by atoms with E-state index in [1.54, 1.807) is 6.07 Å². The third-order valence-electron chi connectivity index (χ3n) is 5.33. The molecule has 0 bridgehead atoms. The molecule has 5 nitrogen and oxygen atoms in total. The minimum atomic E-state index is -1.28. The molecule has 3 aromatic rings. The second-order valence-corrected chi connectivity index (χ2v) is 8.22. The van der Waals surface area contributed by atoms with E-state index in [9.17, 15) is 14.3 Å². The maximum Gasteiger partial charge on any atom is 0.356 e. The van der Waals surface area contributed by atoms with Crippen molar-refractivity contribution in [1.29, 1.82) is 0 Å². The fourth-order valence-electron chi connectivity index (χ4n) is 3.87. The van der Waals surface area contributed by atoms with E-state index in [4.69, 9.17) is 23.2 Å². The van der Waals surface area contributed by atoms with Crippen LogP contribution in [0.25, 0.3) is 16.9 Å². The Labute approximate surface area is 187 Å². The monoisotopic (exact) mass is 465 g/mol. The van der Waals surface area contributed by atoms with Crippen LogP contribution in [0.2, 0.25) is 10.0 Å². The molecule has 0 aliphatic carbocycles. The lowest BCUT2D eigenvalue weighted by atomic mass is 10.1. The molecular weight excluding hydrogens is 447 g/mol. The van der Waals surface area contributed by atoms with Crippen LogP contribution in [0.15, 0.2) is 36.4 Å². The Morgan fingerprint density at radius 1 is 1.06 bits per heavy atom. The van der Waals surface area contributed by atoms with Crippen molar-refractivity contribution in [3.63, 3.8) is 0 Å². The van der Waals surface area contributed by atoms with Gasteiger partial charge in [0.2, 0.25) is 0 Å². The van der Waals surface area contributed by atoms with Gasteiger partial charge in [0.05, 0.1) is 28.0 Å². The van der Waals surface area contributed by atoms with Crippen LogP contribution in [0, 0.1) is 11.6 Å². The van der Waals surface area contributed by atoms with Crippen molar-refractivity contribution in [1.82, 2.24) is 14.5 Å². The number of imidazole rings is 1. The highest BCUT2D eigenvalue weighted by atomic mass is 35.5. The molecule has 0 unspecified atom stereocenters. The third kappa shape index (κ3) is 4.31. The van der Waals surface area contributed by atoms with Gasteiger partial charge in [-0.05, 0) is 56.3 Å². The van der Waals surface area contributed by atoms with Gasteiger partial charge >= 0.3 is 5.97 Å². The molecule has 1 saturated heterocycles. The van der Waals surface area contributed by atoms with Gasteiger partial charge in [0.25, 0.3) is 0 Å². The Hall–Kier alpha value is -2.48. The molecule has 0 radical (unpaired) electrons. The van der Waals surface area contributed by atoms with Gasteiger partial charge in [-0.2, -0.15) is 0 Å². The van der Waals surface area contributed by atoms with Gasteiger partial charge in [0.1, 0.15) is 11.6 Å². The number of carbonyl (C=O) groups is 1. The number of nitrogens with zero attached hydrogens (tertiary/aromatic N) is 3. The van der Waals surface area contributed by atoms with Gasteiger partial charge in [0, 0.05) is 5.56 Å². The van der Waals surface area contributed by atoms with Crippen molar-refractivity contribution >= 4 is 29.2 Å². The van der Waals surface area contributed by atoms with Crippen LogP contribution in [-0.2, 0) is 6.54 Å². The number of aromatic carboxylic acids is 1. The molecule has 1 fully saturated rings. The van der Waals surface area contributed by atoms with E-state index in [0.29, 0.717) is 17.9 Å². The summed E-state index contributed by atoms with van der Waals surface area (Å²) in [6, 6.07) is 8.34. The summed E-state index contributed by atoms with van der Waals surface area (Å²) in [6.45, 7) is 2.01. The van der Waals surface area contributed by atoms with Crippen molar-refractivity contribution in [2.75, 3.05) is 13.1 Å². The van der Waals surface area contributed by atoms with Crippen molar-refractivity contribution in [3.05, 3.63) is 69.6 Å². The first-order valence-corrected chi connectivity index (χ1v) is 10.6. The smallest absolute Gasteiger partial charge is 0.356 e. The van der Waals surface area contributed by atoms with Crippen molar-refractivity contribution < 1.29 is 18.7 Å². The van der Waals surface area contributed by atoms with Gasteiger partial charge in [-0.25, -0.2) is 18.6 Å². The number of hydrogen-bond acceptors (Lipinski definition) is 3. The average molecular weight is 466 g/mol. The number of hydrogen-bond donors (Lipinski definition) is 1. The molecule has 1 N–H and O–H groups in total. The fourth-order valence-corrected chi connectivity index (χ4v) is 4.22. The summed E-state index contributed by atoms with van der Waals surface area (Å²) in [5.74, 6) is -2.27. The van der Waals surface area contributed by atoms with E-state index < -0.39 is 17.6 Å². The number of halogens is 4. The van der Waals surface area contributed by atoms with E-state index >= 15 is 4.39 Å². The minimum Gasteiger partial charge on any atom is -0.476 e. The van der Waals surface area contributed by atoms with Crippen LogP contribution in [0.5, 0.6) is 0 Å². The lowest BCUT2D eigenvalue weighted by molar-refractivity contribution is 0.0691. The summed E-state index contributed by atoms with van der Waals surface area (Å²) in [7, 11) is 0. The zero-order valence-electron chi connectivity index (χ0n) is 16.4. The molecule has 4 rings (SSSR count). The molecule has 2 aromatic carbocycles. The zero-order valence-corrected chi connectivity index (χ0v) is 17.9. The molecule has 9 heteroatoms. The van der Waals surface area contributed by atoms with E-state index in [0.717, 1.165) is 38.4 Å². The van der Waals surface area contributed by atoms with Crippen molar-refractivity contribution in [3.8, 4) is 16.9 Å². The van der Waals surface area contributed by atoms with E-state index in [1.165, 1.54) is 28.8 Å². The number of piperidine rings is 1. The summed E-state index contributed by atoms with van der Waals surface area (Å²) in [5.41, 5.74) is 0.215. The van der Waals surface area contributed by atoms with Crippen LogP contribution in [0.3, 0.4) is 0 Å². The van der Waals surface area contributed by atoms with Crippen LogP contribution >= 0.6 is 23.2 Å². The third-order valence-corrected chi connectivity index (χ3v) is 5.91. The Bertz CT molecular complexity index is 1140. The Balaban J connectivity index is 1.97. The van der Waals surface area contributed by atoms with E-state index in [1.807, 2.05) is 0 Å². The first-order valence-electron chi connectivity index (χ1n) is 9.84. The maximum absolute atomic E-state index is 15.1. The summed E-state index contributed by atoms with van der Waals surface area (Å²) < 4.78 is 30.3. The first-order chi connectivity index (χ1) is 14.9. The number of aromatic nitrogens is 2. The molecule has 1 aromatic heterocycles. The largest absolute Gasteiger partial charge is 0.476 e. The standard InChI is InChI=1S/C22H19Cl2F2N3O2/c23-14-5-4-6-17(19(14)26)29-18(12-28-9-2-1-3-10-28)27-20(22(30)31)21(29)13-7-8-16(25)15(24)11-13/h4-8,11H,1-3,9-10,12H2,(H,30,31). The number of rotatable bonds is 5. The predicted octanol–water partition coefficient (Wildman–Crippen LogP) is 5.81. The van der Waals surface area contributed by atoms with Gasteiger partial charge in [-0.1, -0.05) is 35.7 Å². The normalized spacial score (nSPS) is 14.7. The summed E-state index contributed by atoms with van der Waals surface area (Å²) in [5, 5.41) is 9.57. The Kier molecular flexibility index (Phi) is 6.27. The van der Waals surface area contributed by atoms with Crippen LogP contribution in [0.4, 0.5) is 8.78 Å². The van der Waals surface area contributed by atoms with Gasteiger partial charge in [-0.15, -0.1) is 0 Å². The highest BCUT2D eigenvalue weighted by molar-refractivity contribution is 6.31. The Morgan fingerprint density at radius 3 is 2.48 bits per heavy atom. The molecule has 2 heterocycles. The molecule has 0 atom stereocenters. The minimum absolute atomic E-state index is 0.0648. The van der Waals surface area contributed by atoms with Crippen molar-refractivity contribution in [2.24, 2.45) is 0 Å². The number of carboxylic acids is 1. The van der Waals surface area contributed by atoms with Crippen molar-refractivity contribution in [2.45, 2.75) is 25.8 Å². The second-order valence-electron chi connectivity index (χ2n) is 7.40. The summed E-state index contributed by atoms with van der Waals surface area (Å²) in [6.07, 6.45) is 3.18. The van der Waals surface area contributed by atoms with Crippen LogP contribution < -0.4 is 0 Å². The summed E-state index contributed by atoms with van der Waals surface area (Å²) >= 11 is 12.0. The SMILES string of the molecule is O=C(O)c1nc(CN2CCCCC2)n(-c2cccc(Cl)c2F)c1-c1ccc(F)c(Cl)c1. The zero-order chi connectivity index (χ0) is 22.1. The quantitative estimate of drug-likeness (QED) is 0.516. The Morgan fingerprint density at radius 2 is 1.81 bits per heavy atom. The molecule has 31 heavy (non-hydrogen) atoms. The molecule has 162 valence electrons. The van der Waals surface area contributed by atoms with Gasteiger partial charge in [0.15, 0.2) is 11.5 Å². The number of benzene rings is 2. The molecule has 1 aliphatic rings. The van der Waals surface area contributed by atoms with Gasteiger partial charge in [-0.3, -0.25) is 9.47 Å². The molecular formula is C22H19Cl2F2N3O2. The number of carboxylic acid groups (broad SMARTS) is 1. The van der Waals surface area contributed by atoms with Gasteiger partial charge < -0.3 is 5.11 Å². The van der Waals surface area contributed by atoms with Crippen LogP contribution in [-0.4, -0.2) is 38.6 Å². The molecule has 1 aliphatic heterocycles. The lowest BCUT2D eigenvalue weighted by Crippen LogP contribution is -2.30. The first kappa shape index (κ1) is 21.7. The molecule has 0 saturated carbocycles. The van der Waals surface area contributed by atoms with E-state index in [2.05, 4.69) is 9.88 Å². The van der Waals surface area contributed by atoms with Crippen LogP contribution in [0.1, 0.15) is 35.6 Å². The highest BCUT2D eigenvalue weighted by Gasteiger charge is 2.28. The maximum atomic E-state index is 15.1.